The quantitative estimate of drug-likeness (QED) is 0.783. The number of aromatic nitrogens is 1. The maximum absolute atomic E-state index is 6.22. The van der Waals surface area contributed by atoms with Gasteiger partial charge in [0.15, 0.2) is 0 Å². The Morgan fingerprint density at radius 1 is 1.05 bits per heavy atom. The third kappa shape index (κ3) is 2.92. The van der Waals surface area contributed by atoms with Crippen molar-refractivity contribution < 1.29 is 0 Å². The summed E-state index contributed by atoms with van der Waals surface area (Å²) in [7, 11) is 0. The fraction of sp³-hybridized carbons (Fsp3) is 0.133. The Hall–Kier alpha value is -1.49. The summed E-state index contributed by atoms with van der Waals surface area (Å²) < 4.78 is 0. The summed E-state index contributed by atoms with van der Waals surface area (Å²) in [5.74, 6) is 0. The van der Waals surface area contributed by atoms with Crippen molar-refractivity contribution in [1.82, 2.24) is 4.98 Å². The number of nitrogens with zero attached hydrogens (tertiary/aromatic N) is 1. The average molecular weight is 286 g/mol. The van der Waals surface area contributed by atoms with Gasteiger partial charge in [-0.15, -0.1) is 22.7 Å². The van der Waals surface area contributed by atoms with Gasteiger partial charge in [-0.1, -0.05) is 36.4 Å². The summed E-state index contributed by atoms with van der Waals surface area (Å²) in [6, 6.07) is 14.4. The lowest BCUT2D eigenvalue weighted by Gasteiger charge is -2.09. The van der Waals surface area contributed by atoms with Crippen LogP contribution >= 0.6 is 22.7 Å². The first kappa shape index (κ1) is 12.5. The van der Waals surface area contributed by atoms with Crippen LogP contribution in [0.5, 0.6) is 0 Å². The Morgan fingerprint density at radius 3 is 2.63 bits per heavy atom. The molecule has 4 heteroatoms. The lowest BCUT2D eigenvalue weighted by atomic mass is 10.0. The molecule has 0 spiro atoms. The second kappa shape index (κ2) is 5.65. The van der Waals surface area contributed by atoms with Gasteiger partial charge in [0.25, 0.3) is 0 Å². The lowest BCUT2D eigenvalue weighted by Crippen LogP contribution is -2.13. The van der Waals surface area contributed by atoms with Gasteiger partial charge >= 0.3 is 0 Å². The summed E-state index contributed by atoms with van der Waals surface area (Å²) in [6.07, 6.45) is 0.784. The second-order valence-corrected chi connectivity index (χ2v) is 6.15. The second-order valence-electron chi connectivity index (χ2n) is 4.34. The van der Waals surface area contributed by atoms with Crippen LogP contribution in [0, 0.1) is 0 Å². The Kier molecular flexibility index (Phi) is 3.73. The molecule has 0 aliphatic rings. The fourth-order valence-corrected chi connectivity index (χ4v) is 3.60. The molecule has 0 amide bonds. The van der Waals surface area contributed by atoms with E-state index in [0.29, 0.717) is 0 Å². The van der Waals surface area contributed by atoms with Crippen LogP contribution in [0.4, 0.5) is 0 Å². The van der Waals surface area contributed by atoms with Gasteiger partial charge in [0.05, 0.1) is 10.6 Å². The van der Waals surface area contributed by atoms with Crippen molar-refractivity contribution in [2.24, 2.45) is 5.73 Å². The SMILES string of the molecule is NC(Cc1csc(-c2cccs2)n1)c1ccccc1. The Morgan fingerprint density at radius 2 is 1.89 bits per heavy atom. The van der Waals surface area contributed by atoms with E-state index >= 15 is 0 Å². The fourth-order valence-electron chi connectivity index (χ4n) is 1.96. The molecule has 0 aliphatic carbocycles. The maximum atomic E-state index is 6.22. The molecule has 2 nitrogen and oxygen atoms in total. The van der Waals surface area contributed by atoms with Gasteiger partial charge in [0, 0.05) is 17.8 Å². The Bertz CT molecular complexity index is 629. The normalized spacial score (nSPS) is 12.5. The van der Waals surface area contributed by atoms with Gasteiger partial charge in [-0.05, 0) is 17.0 Å². The molecule has 1 unspecified atom stereocenters. The zero-order valence-corrected chi connectivity index (χ0v) is 12.0. The number of thiazole rings is 1. The minimum absolute atomic E-state index is 0.0134. The van der Waals surface area contributed by atoms with Crippen LogP contribution < -0.4 is 5.73 Å². The van der Waals surface area contributed by atoms with Gasteiger partial charge in [-0.3, -0.25) is 0 Å². The standard InChI is InChI=1S/C15H14N2S2/c16-13(11-5-2-1-3-6-11)9-12-10-19-15(17-12)14-7-4-8-18-14/h1-8,10,13H,9,16H2. The number of hydrogen-bond acceptors (Lipinski definition) is 4. The molecule has 2 N–H and O–H groups in total. The molecule has 0 saturated heterocycles. The molecule has 96 valence electrons. The zero-order chi connectivity index (χ0) is 13.1. The van der Waals surface area contributed by atoms with Crippen LogP contribution in [0.15, 0.2) is 53.2 Å². The molecule has 0 aliphatic heterocycles. The highest BCUT2D eigenvalue weighted by Gasteiger charge is 2.10. The van der Waals surface area contributed by atoms with E-state index in [9.17, 15) is 0 Å². The van der Waals surface area contributed by atoms with E-state index in [0.717, 1.165) is 22.7 Å². The van der Waals surface area contributed by atoms with Crippen LogP contribution in [0.1, 0.15) is 17.3 Å². The van der Waals surface area contributed by atoms with Crippen molar-refractivity contribution >= 4 is 22.7 Å². The minimum Gasteiger partial charge on any atom is -0.324 e. The van der Waals surface area contributed by atoms with Gasteiger partial charge < -0.3 is 5.73 Å². The first-order valence-corrected chi connectivity index (χ1v) is 7.87. The predicted octanol–water partition coefficient (Wildman–Crippen LogP) is 4.11. The molecule has 0 bridgehead atoms. The molecule has 0 radical (unpaired) electrons. The van der Waals surface area contributed by atoms with Crippen molar-refractivity contribution in [2.75, 3.05) is 0 Å². The monoisotopic (exact) mass is 286 g/mol. The number of hydrogen-bond donors (Lipinski definition) is 1. The number of nitrogens with two attached hydrogens (primary N) is 1. The van der Waals surface area contributed by atoms with Crippen molar-refractivity contribution in [2.45, 2.75) is 12.5 Å². The predicted molar refractivity (Wildman–Crippen MR) is 82.5 cm³/mol. The summed E-state index contributed by atoms with van der Waals surface area (Å²) in [5, 5.41) is 5.27. The smallest absolute Gasteiger partial charge is 0.133 e. The molecular weight excluding hydrogens is 272 g/mol. The number of thiophene rings is 1. The molecule has 1 aromatic carbocycles. The van der Waals surface area contributed by atoms with Crippen molar-refractivity contribution in [3.63, 3.8) is 0 Å². The first-order chi connectivity index (χ1) is 9.33. The van der Waals surface area contributed by atoms with Crippen LogP contribution in [0.25, 0.3) is 9.88 Å². The van der Waals surface area contributed by atoms with Crippen molar-refractivity contribution in [3.8, 4) is 9.88 Å². The number of rotatable bonds is 4. The third-order valence-electron chi connectivity index (χ3n) is 2.94. The highest BCUT2D eigenvalue weighted by molar-refractivity contribution is 7.20. The zero-order valence-electron chi connectivity index (χ0n) is 10.3. The Labute approximate surface area is 120 Å². The molecule has 0 saturated carbocycles. The minimum atomic E-state index is 0.0134. The van der Waals surface area contributed by atoms with Crippen molar-refractivity contribution in [3.05, 3.63) is 64.5 Å². The summed E-state index contributed by atoms with van der Waals surface area (Å²) in [6.45, 7) is 0. The van der Waals surface area contributed by atoms with Gasteiger partial charge in [-0.25, -0.2) is 4.98 Å². The van der Waals surface area contributed by atoms with Crippen LogP contribution in [-0.4, -0.2) is 4.98 Å². The van der Waals surface area contributed by atoms with Crippen LogP contribution in [-0.2, 0) is 6.42 Å². The number of benzene rings is 1. The summed E-state index contributed by atoms with van der Waals surface area (Å²) in [4.78, 5) is 5.89. The Balaban J connectivity index is 1.74. The van der Waals surface area contributed by atoms with Crippen LogP contribution in [0.3, 0.4) is 0 Å². The van der Waals surface area contributed by atoms with Crippen molar-refractivity contribution in [1.29, 1.82) is 0 Å². The molecule has 0 fully saturated rings. The molecule has 19 heavy (non-hydrogen) atoms. The van der Waals surface area contributed by atoms with E-state index < -0.39 is 0 Å². The largest absolute Gasteiger partial charge is 0.324 e. The molecule has 1 atom stereocenters. The highest BCUT2D eigenvalue weighted by Crippen LogP contribution is 2.28. The molecule has 2 heterocycles. The van der Waals surface area contributed by atoms with E-state index in [4.69, 9.17) is 5.73 Å². The van der Waals surface area contributed by atoms with E-state index in [1.165, 1.54) is 4.88 Å². The molecule has 2 aromatic heterocycles. The molecular formula is C15H14N2S2. The third-order valence-corrected chi connectivity index (χ3v) is 4.87. The lowest BCUT2D eigenvalue weighted by molar-refractivity contribution is 0.710. The topological polar surface area (TPSA) is 38.9 Å². The first-order valence-electron chi connectivity index (χ1n) is 6.12. The molecule has 3 aromatic rings. The highest BCUT2D eigenvalue weighted by atomic mass is 32.1. The van der Waals surface area contributed by atoms with Crippen LogP contribution in [0.2, 0.25) is 0 Å². The van der Waals surface area contributed by atoms with Gasteiger partial charge in [0.1, 0.15) is 5.01 Å². The maximum Gasteiger partial charge on any atom is 0.133 e. The van der Waals surface area contributed by atoms with Gasteiger partial charge in [0.2, 0.25) is 0 Å². The van der Waals surface area contributed by atoms with Gasteiger partial charge in [-0.2, -0.15) is 0 Å². The molecule has 3 rings (SSSR count). The van der Waals surface area contributed by atoms with E-state index in [1.807, 2.05) is 18.2 Å². The van der Waals surface area contributed by atoms with E-state index in [-0.39, 0.29) is 6.04 Å². The average Bonchev–Trinajstić information content (AvgIpc) is 3.10. The van der Waals surface area contributed by atoms with E-state index in [2.05, 4.69) is 40.0 Å². The van der Waals surface area contributed by atoms with E-state index in [1.54, 1.807) is 22.7 Å². The summed E-state index contributed by atoms with van der Waals surface area (Å²) >= 11 is 3.41. The summed E-state index contributed by atoms with van der Waals surface area (Å²) in [5.41, 5.74) is 8.46.